The van der Waals surface area contributed by atoms with E-state index in [0.717, 1.165) is 22.2 Å². The average molecular weight is 367 g/mol. The number of thiazole rings is 1. The number of rotatable bonds is 7. The van der Waals surface area contributed by atoms with Gasteiger partial charge >= 0.3 is 0 Å². The Kier molecular flexibility index (Phi) is 5.82. The Morgan fingerprint density at radius 1 is 1.42 bits per heavy atom. The SMILES string of the molecule is C#CCOC[C@H](CC(C)C)C1=N/C(=C\c2ccc3ncsc3c2)C(=O)N1. The van der Waals surface area contributed by atoms with Crippen LogP contribution in [0.25, 0.3) is 16.3 Å². The number of nitrogens with zero attached hydrogens (tertiary/aromatic N) is 2. The van der Waals surface area contributed by atoms with Gasteiger partial charge in [0.05, 0.1) is 22.3 Å². The fraction of sp³-hybridized carbons (Fsp3) is 0.350. The molecule has 134 valence electrons. The summed E-state index contributed by atoms with van der Waals surface area (Å²) in [6.07, 6.45) is 7.91. The molecule has 0 saturated heterocycles. The maximum absolute atomic E-state index is 12.3. The van der Waals surface area contributed by atoms with E-state index in [4.69, 9.17) is 11.2 Å². The summed E-state index contributed by atoms with van der Waals surface area (Å²) in [4.78, 5) is 21.2. The zero-order valence-corrected chi connectivity index (χ0v) is 15.7. The number of aliphatic imine (C=N–C) groups is 1. The lowest BCUT2D eigenvalue weighted by atomic mass is 9.97. The van der Waals surface area contributed by atoms with E-state index in [0.29, 0.717) is 24.1 Å². The number of amidine groups is 1. The minimum atomic E-state index is -0.185. The number of carbonyl (C=O) groups is 1. The molecule has 1 aromatic heterocycles. The second-order valence-electron chi connectivity index (χ2n) is 6.61. The molecule has 26 heavy (non-hydrogen) atoms. The van der Waals surface area contributed by atoms with Gasteiger partial charge < -0.3 is 10.1 Å². The molecule has 5 nitrogen and oxygen atoms in total. The van der Waals surface area contributed by atoms with E-state index < -0.39 is 0 Å². The van der Waals surface area contributed by atoms with Crippen LogP contribution in [0.1, 0.15) is 25.8 Å². The van der Waals surface area contributed by atoms with E-state index in [2.05, 4.69) is 35.1 Å². The zero-order valence-electron chi connectivity index (χ0n) is 14.9. The predicted octanol–water partition coefficient (Wildman–Crippen LogP) is 3.48. The van der Waals surface area contributed by atoms with Crippen molar-refractivity contribution in [1.29, 1.82) is 0 Å². The van der Waals surface area contributed by atoms with Crippen molar-refractivity contribution in [2.45, 2.75) is 20.3 Å². The quantitative estimate of drug-likeness (QED) is 0.463. The number of hydrogen-bond donors (Lipinski definition) is 1. The van der Waals surface area contributed by atoms with Crippen molar-refractivity contribution < 1.29 is 9.53 Å². The molecule has 0 saturated carbocycles. The first kappa shape index (κ1) is 18.3. The second-order valence-corrected chi connectivity index (χ2v) is 7.49. The number of amides is 1. The molecule has 1 amide bonds. The van der Waals surface area contributed by atoms with E-state index in [-0.39, 0.29) is 18.4 Å². The molecule has 1 aromatic carbocycles. The van der Waals surface area contributed by atoms with Crippen molar-refractivity contribution in [2.75, 3.05) is 13.2 Å². The van der Waals surface area contributed by atoms with Crippen LogP contribution in [0.2, 0.25) is 0 Å². The third kappa shape index (κ3) is 4.37. The van der Waals surface area contributed by atoms with Crippen LogP contribution < -0.4 is 5.32 Å². The molecule has 2 aromatic rings. The highest BCUT2D eigenvalue weighted by atomic mass is 32.1. The Balaban J connectivity index is 1.82. The summed E-state index contributed by atoms with van der Waals surface area (Å²) in [5, 5.41) is 2.89. The largest absolute Gasteiger partial charge is 0.368 e. The Labute approximate surface area is 157 Å². The first-order valence-corrected chi connectivity index (χ1v) is 9.41. The van der Waals surface area contributed by atoms with Crippen molar-refractivity contribution >= 4 is 39.4 Å². The molecule has 1 aliphatic rings. The summed E-state index contributed by atoms with van der Waals surface area (Å²) in [6, 6.07) is 5.91. The second kappa shape index (κ2) is 8.26. The summed E-state index contributed by atoms with van der Waals surface area (Å²) in [6.45, 7) is 4.97. The highest BCUT2D eigenvalue weighted by Gasteiger charge is 2.27. The van der Waals surface area contributed by atoms with Gasteiger partial charge in [0, 0.05) is 5.92 Å². The molecule has 0 aliphatic carbocycles. The van der Waals surface area contributed by atoms with Crippen molar-refractivity contribution in [3.63, 3.8) is 0 Å². The topological polar surface area (TPSA) is 63.6 Å². The number of fused-ring (bicyclic) bond motifs is 1. The molecule has 1 aliphatic heterocycles. The molecular formula is C20H21N3O2S. The van der Waals surface area contributed by atoms with Crippen molar-refractivity contribution in [1.82, 2.24) is 10.3 Å². The van der Waals surface area contributed by atoms with Crippen LogP contribution in [0.5, 0.6) is 0 Å². The average Bonchev–Trinajstić information content (AvgIpc) is 3.20. The Hall–Kier alpha value is -2.49. The fourth-order valence-electron chi connectivity index (χ4n) is 2.89. The number of ether oxygens (including phenoxy) is 1. The third-order valence-corrected chi connectivity index (χ3v) is 4.81. The Bertz CT molecular complexity index is 905. The molecule has 0 fully saturated rings. The molecule has 3 rings (SSSR count). The smallest absolute Gasteiger partial charge is 0.275 e. The summed E-state index contributed by atoms with van der Waals surface area (Å²) >= 11 is 1.57. The molecule has 0 spiro atoms. The minimum absolute atomic E-state index is 0.0159. The van der Waals surface area contributed by atoms with Crippen molar-refractivity contribution in [3.05, 3.63) is 35.0 Å². The predicted molar refractivity (Wildman–Crippen MR) is 106 cm³/mol. The van der Waals surface area contributed by atoms with Gasteiger partial charge in [-0.3, -0.25) is 4.79 Å². The number of hydrogen-bond acceptors (Lipinski definition) is 5. The summed E-state index contributed by atoms with van der Waals surface area (Å²) in [7, 11) is 0. The van der Waals surface area contributed by atoms with Gasteiger partial charge in [-0.2, -0.15) is 0 Å². The maximum Gasteiger partial charge on any atom is 0.275 e. The van der Waals surface area contributed by atoms with Crippen LogP contribution >= 0.6 is 11.3 Å². The molecule has 2 heterocycles. The van der Waals surface area contributed by atoms with Crippen molar-refractivity contribution in [2.24, 2.45) is 16.8 Å². The number of terminal acetylenes is 1. The van der Waals surface area contributed by atoms with E-state index in [9.17, 15) is 4.79 Å². The van der Waals surface area contributed by atoms with Gasteiger partial charge in [0.2, 0.25) is 0 Å². The lowest BCUT2D eigenvalue weighted by Crippen LogP contribution is -2.33. The van der Waals surface area contributed by atoms with Crippen LogP contribution in [0.4, 0.5) is 0 Å². The van der Waals surface area contributed by atoms with Gasteiger partial charge in [0.25, 0.3) is 5.91 Å². The molecule has 0 unspecified atom stereocenters. The van der Waals surface area contributed by atoms with Crippen LogP contribution in [0, 0.1) is 24.2 Å². The molecule has 1 atom stereocenters. The summed E-state index contributed by atoms with van der Waals surface area (Å²) < 4.78 is 6.58. The van der Waals surface area contributed by atoms with E-state index >= 15 is 0 Å². The Morgan fingerprint density at radius 3 is 3.04 bits per heavy atom. The van der Waals surface area contributed by atoms with Gasteiger partial charge in [0.1, 0.15) is 18.1 Å². The summed E-state index contributed by atoms with van der Waals surface area (Å²) in [5.74, 6) is 3.41. The van der Waals surface area contributed by atoms with E-state index in [1.54, 1.807) is 17.4 Å². The van der Waals surface area contributed by atoms with Gasteiger partial charge in [0.15, 0.2) is 0 Å². The van der Waals surface area contributed by atoms with Gasteiger partial charge in [-0.05, 0) is 36.1 Å². The van der Waals surface area contributed by atoms with Gasteiger partial charge in [-0.25, -0.2) is 9.98 Å². The zero-order chi connectivity index (χ0) is 18.5. The van der Waals surface area contributed by atoms with Crippen LogP contribution in [-0.2, 0) is 9.53 Å². The van der Waals surface area contributed by atoms with Crippen LogP contribution in [-0.4, -0.2) is 29.9 Å². The number of carbonyl (C=O) groups excluding carboxylic acids is 1. The number of nitrogens with one attached hydrogen (secondary N) is 1. The number of benzene rings is 1. The number of aromatic nitrogens is 1. The normalized spacial score (nSPS) is 16.8. The van der Waals surface area contributed by atoms with Gasteiger partial charge in [-0.1, -0.05) is 25.8 Å². The minimum Gasteiger partial charge on any atom is -0.368 e. The third-order valence-electron chi connectivity index (χ3n) is 4.02. The standard InChI is InChI=1S/C20H21N3O2S/c1-4-7-25-11-15(8-13(2)3)19-22-17(20(24)23-19)9-14-5-6-16-18(10-14)26-12-21-16/h1,5-6,9-10,12-13,15H,7-8,11H2,2-3H3,(H,22,23,24)/b17-9-/t15-/m0/s1. The highest BCUT2D eigenvalue weighted by Crippen LogP contribution is 2.23. The monoisotopic (exact) mass is 367 g/mol. The van der Waals surface area contributed by atoms with E-state index in [1.165, 1.54) is 0 Å². The van der Waals surface area contributed by atoms with E-state index in [1.807, 2.05) is 23.7 Å². The first-order valence-electron chi connectivity index (χ1n) is 8.53. The molecule has 1 N–H and O–H groups in total. The lowest BCUT2D eigenvalue weighted by molar-refractivity contribution is -0.115. The maximum atomic E-state index is 12.3. The molecule has 0 radical (unpaired) electrons. The Morgan fingerprint density at radius 2 is 2.27 bits per heavy atom. The van der Waals surface area contributed by atoms with Crippen LogP contribution in [0.15, 0.2) is 34.4 Å². The molecular weight excluding hydrogens is 346 g/mol. The molecule has 6 heteroatoms. The van der Waals surface area contributed by atoms with Gasteiger partial charge in [-0.15, -0.1) is 17.8 Å². The fourth-order valence-corrected chi connectivity index (χ4v) is 3.61. The van der Waals surface area contributed by atoms with Crippen LogP contribution in [0.3, 0.4) is 0 Å². The van der Waals surface area contributed by atoms with Crippen molar-refractivity contribution in [3.8, 4) is 12.3 Å². The lowest BCUT2D eigenvalue weighted by Gasteiger charge is -2.18. The first-order chi connectivity index (χ1) is 12.6. The molecule has 0 bridgehead atoms. The summed E-state index contributed by atoms with van der Waals surface area (Å²) in [5.41, 5.74) is 4.11. The highest BCUT2D eigenvalue weighted by molar-refractivity contribution is 7.16.